The second kappa shape index (κ2) is 6.29. The van der Waals surface area contributed by atoms with Crippen molar-refractivity contribution in [2.45, 2.75) is 23.3 Å². The lowest BCUT2D eigenvalue weighted by molar-refractivity contribution is -0.0588. The summed E-state index contributed by atoms with van der Waals surface area (Å²) in [5, 5.41) is 10.7. The zero-order chi connectivity index (χ0) is 14.8. The van der Waals surface area contributed by atoms with Gasteiger partial charge in [-0.25, -0.2) is 13.1 Å². The first kappa shape index (κ1) is 16.2. The van der Waals surface area contributed by atoms with Crippen LogP contribution in [0.4, 0.5) is 0 Å². The lowest BCUT2D eigenvalue weighted by Crippen LogP contribution is -2.46. The van der Waals surface area contributed by atoms with E-state index < -0.39 is 15.6 Å². The minimum Gasteiger partial charge on any atom is -0.388 e. The Kier molecular flexibility index (Phi) is 5.09. The SMILES string of the molecule is O=S(=O)(NCC1(O)CCOCC1)c1ccc(Cl)c(Br)c1. The van der Waals surface area contributed by atoms with E-state index in [1.165, 1.54) is 18.2 Å². The van der Waals surface area contributed by atoms with E-state index in [1.54, 1.807) is 0 Å². The van der Waals surface area contributed by atoms with E-state index in [4.69, 9.17) is 16.3 Å². The predicted molar refractivity (Wildman–Crippen MR) is 79.3 cm³/mol. The Labute approximate surface area is 131 Å². The van der Waals surface area contributed by atoms with Crippen LogP contribution < -0.4 is 4.72 Å². The standard InChI is InChI=1S/C12H15BrClNO4S/c13-10-7-9(1-2-11(10)14)20(17,18)15-8-12(16)3-5-19-6-4-12/h1-2,7,15-16H,3-6,8H2. The van der Waals surface area contributed by atoms with Gasteiger partial charge in [-0.1, -0.05) is 11.6 Å². The number of nitrogens with one attached hydrogen (secondary N) is 1. The molecule has 1 aliphatic heterocycles. The first-order valence-corrected chi connectivity index (χ1v) is 8.73. The van der Waals surface area contributed by atoms with Crippen molar-refractivity contribution in [3.8, 4) is 0 Å². The van der Waals surface area contributed by atoms with Crippen molar-refractivity contribution in [2.24, 2.45) is 0 Å². The van der Waals surface area contributed by atoms with Gasteiger partial charge in [0.2, 0.25) is 10.0 Å². The first-order valence-electron chi connectivity index (χ1n) is 6.07. The van der Waals surface area contributed by atoms with Crippen molar-refractivity contribution in [3.05, 3.63) is 27.7 Å². The average molecular weight is 385 g/mol. The van der Waals surface area contributed by atoms with Crippen molar-refractivity contribution in [1.82, 2.24) is 4.72 Å². The summed E-state index contributed by atoms with van der Waals surface area (Å²) in [6, 6.07) is 4.35. The molecule has 0 amide bonds. The summed E-state index contributed by atoms with van der Waals surface area (Å²) in [6.07, 6.45) is 0.833. The molecule has 0 radical (unpaired) electrons. The van der Waals surface area contributed by atoms with Gasteiger partial charge in [0, 0.05) is 37.1 Å². The summed E-state index contributed by atoms with van der Waals surface area (Å²) in [5.74, 6) is 0. The van der Waals surface area contributed by atoms with E-state index in [0.717, 1.165) is 0 Å². The predicted octanol–water partition coefficient (Wildman–Crippen LogP) is 1.92. The van der Waals surface area contributed by atoms with Crippen molar-refractivity contribution < 1.29 is 18.3 Å². The first-order chi connectivity index (χ1) is 9.32. The Bertz CT molecular complexity index is 587. The zero-order valence-electron chi connectivity index (χ0n) is 10.6. The van der Waals surface area contributed by atoms with Crippen molar-refractivity contribution in [3.63, 3.8) is 0 Å². The molecule has 8 heteroatoms. The van der Waals surface area contributed by atoms with Gasteiger partial charge in [-0.15, -0.1) is 0 Å². The number of ether oxygens (including phenoxy) is 1. The number of hydrogen-bond acceptors (Lipinski definition) is 4. The van der Waals surface area contributed by atoms with Gasteiger partial charge in [0.25, 0.3) is 0 Å². The summed E-state index contributed by atoms with van der Waals surface area (Å²) in [5.41, 5.74) is -1.05. The van der Waals surface area contributed by atoms with Gasteiger partial charge in [0.15, 0.2) is 0 Å². The largest absolute Gasteiger partial charge is 0.388 e. The van der Waals surface area contributed by atoms with E-state index in [9.17, 15) is 13.5 Å². The molecule has 5 nitrogen and oxygen atoms in total. The molecule has 1 saturated heterocycles. The third kappa shape index (κ3) is 3.93. The Hall–Kier alpha value is -0.180. The van der Waals surface area contributed by atoms with E-state index in [-0.39, 0.29) is 11.4 Å². The summed E-state index contributed by atoms with van der Waals surface area (Å²) in [6.45, 7) is 0.842. The number of sulfonamides is 1. The number of aliphatic hydroxyl groups is 1. The summed E-state index contributed by atoms with van der Waals surface area (Å²) in [4.78, 5) is 0.101. The van der Waals surface area contributed by atoms with Crippen molar-refractivity contribution in [1.29, 1.82) is 0 Å². The van der Waals surface area contributed by atoms with E-state index >= 15 is 0 Å². The van der Waals surface area contributed by atoms with Crippen LogP contribution in [0.1, 0.15) is 12.8 Å². The van der Waals surface area contributed by atoms with Crippen LogP contribution in [0.15, 0.2) is 27.6 Å². The smallest absolute Gasteiger partial charge is 0.240 e. The van der Waals surface area contributed by atoms with Gasteiger partial charge in [0.1, 0.15) is 0 Å². The molecule has 112 valence electrons. The molecule has 1 heterocycles. The molecule has 0 aromatic heterocycles. The molecule has 1 aliphatic rings. The fraction of sp³-hybridized carbons (Fsp3) is 0.500. The van der Waals surface area contributed by atoms with Crippen LogP contribution in [0.2, 0.25) is 5.02 Å². The quantitative estimate of drug-likeness (QED) is 0.831. The Morgan fingerprint density at radius 2 is 2.05 bits per heavy atom. The fourth-order valence-corrected chi connectivity index (χ4v) is 3.68. The minimum absolute atomic E-state index is 0.0288. The summed E-state index contributed by atoms with van der Waals surface area (Å²) in [7, 11) is -3.68. The zero-order valence-corrected chi connectivity index (χ0v) is 13.8. The molecular weight excluding hydrogens is 370 g/mol. The molecular formula is C12H15BrClNO4S. The number of benzene rings is 1. The molecule has 0 saturated carbocycles. The van der Waals surface area contributed by atoms with E-state index in [2.05, 4.69) is 20.7 Å². The second-order valence-electron chi connectivity index (χ2n) is 4.74. The van der Waals surface area contributed by atoms with Gasteiger partial charge >= 0.3 is 0 Å². The number of rotatable bonds is 4. The molecule has 0 aliphatic carbocycles. The van der Waals surface area contributed by atoms with E-state index in [1.807, 2.05) is 0 Å². The monoisotopic (exact) mass is 383 g/mol. The Morgan fingerprint density at radius 3 is 2.65 bits per heavy atom. The van der Waals surface area contributed by atoms with E-state index in [0.29, 0.717) is 35.6 Å². The molecule has 1 aromatic rings. The molecule has 0 unspecified atom stereocenters. The lowest BCUT2D eigenvalue weighted by Gasteiger charge is -2.31. The summed E-state index contributed by atoms with van der Waals surface area (Å²) >= 11 is 9.02. The molecule has 1 aromatic carbocycles. The molecule has 2 N–H and O–H groups in total. The third-order valence-corrected chi connectivity index (χ3v) is 5.83. The highest BCUT2D eigenvalue weighted by molar-refractivity contribution is 9.10. The Balaban J connectivity index is 2.09. The molecule has 1 fully saturated rings. The van der Waals surface area contributed by atoms with Crippen LogP contribution in [0.5, 0.6) is 0 Å². The highest BCUT2D eigenvalue weighted by atomic mass is 79.9. The van der Waals surface area contributed by atoms with Crippen molar-refractivity contribution >= 4 is 37.6 Å². The maximum absolute atomic E-state index is 12.2. The number of hydrogen-bond donors (Lipinski definition) is 2. The second-order valence-corrected chi connectivity index (χ2v) is 7.77. The topological polar surface area (TPSA) is 75.6 Å². The van der Waals surface area contributed by atoms with Crippen LogP contribution in [0.25, 0.3) is 0 Å². The molecule has 2 rings (SSSR count). The average Bonchev–Trinajstić information content (AvgIpc) is 2.41. The highest BCUT2D eigenvalue weighted by Gasteiger charge is 2.31. The van der Waals surface area contributed by atoms with Crippen LogP contribution in [0.3, 0.4) is 0 Å². The van der Waals surface area contributed by atoms with Gasteiger partial charge < -0.3 is 9.84 Å². The van der Waals surface area contributed by atoms with Gasteiger partial charge in [-0.3, -0.25) is 0 Å². The van der Waals surface area contributed by atoms with Crippen molar-refractivity contribution in [2.75, 3.05) is 19.8 Å². The van der Waals surface area contributed by atoms with Gasteiger partial charge in [0.05, 0.1) is 15.5 Å². The minimum atomic E-state index is -3.68. The van der Waals surface area contributed by atoms with Crippen LogP contribution in [-0.2, 0) is 14.8 Å². The Morgan fingerprint density at radius 1 is 1.40 bits per heavy atom. The van der Waals surface area contributed by atoms with Crippen LogP contribution >= 0.6 is 27.5 Å². The van der Waals surface area contributed by atoms with Crippen LogP contribution in [-0.4, -0.2) is 38.9 Å². The highest BCUT2D eigenvalue weighted by Crippen LogP contribution is 2.26. The van der Waals surface area contributed by atoms with Gasteiger partial charge in [-0.05, 0) is 34.1 Å². The molecule has 0 spiro atoms. The molecule has 0 atom stereocenters. The third-order valence-electron chi connectivity index (χ3n) is 3.22. The maximum atomic E-state index is 12.2. The van der Waals surface area contributed by atoms with Gasteiger partial charge in [-0.2, -0.15) is 0 Å². The molecule has 20 heavy (non-hydrogen) atoms. The molecule has 0 bridgehead atoms. The number of halogens is 2. The van der Waals surface area contributed by atoms with Crippen LogP contribution in [0, 0.1) is 0 Å². The lowest BCUT2D eigenvalue weighted by atomic mass is 9.95. The normalized spacial score (nSPS) is 18.9. The fourth-order valence-electron chi connectivity index (χ4n) is 1.88. The maximum Gasteiger partial charge on any atom is 0.240 e. The summed E-state index contributed by atoms with van der Waals surface area (Å²) < 4.78 is 32.4.